The van der Waals surface area contributed by atoms with Gasteiger partial charge in [0, 0.05) is 20.6 Å². The van der Waals surface area contributed by atoms with Crippen LogP contribution in [0.4, 0.5) is 0 Å². The van der Waals surface area contributed by atoms with Crippen molar-refractivity contribution in [3.63, 3.8) is 0 Å². The van der Waals surface area contributed by atoms with Crippen molar-refractivity contribution in [1.29, 1.82) is 0 Å². The number of hydrogen-bond donors (Lipinski definition) is 1. The van der Waals surface area contributed by atoms with E-state index in [1.165, 1.54) is 0 Å². The Hall–Kier alpha value is -0.740. The number of nitrogens with one attached hydrogen (secondary N) is 1. The number of halogens is 1. The summed E-state index contributed by atoms with van der Waals surface area (Å²) in [7, 11) is 7.05. The second-order valence-corrected chi connectivity index (χ2v) is 10.2. The Balaban J connectivity index is 5.80. The van der Waals surface area contributed by atoms with Crippen molar-refractivity contribution in [2.45, 2.75) is 78.6 Å². The smallest absolute Gasteiger partial charge is 0.245 e. The Kier molecular flexibility index (Phi) is 13.3. The molecule has 0 fully saturated rings. The summed E-state index contributed by atoms with van der Waals surface area (Å²) < 4.78 is 5.62. The lowest BCUT2D eigenvalue weighted by Gasteiger charge is -2.40. The number of hydrogen-bond acceptors (Lipinski definition) is 5. The highest BCUT2D eigenvalue weighted by Crippen LogP contribution is 2.24. The summed E-state index contributed by atoms with van der Waals surface area (Å²) >= 11 is 1.77. The van der Waals surface area contributed by atoms with Crippen LogP contribution in [-0.4, -0.2) is 77.9 Å². The van der Waals surface area contributed by atoms with Gasteiger partial charge in [0.2, 0.25) is 11.8 Å². The molecule has 176 valence electrons. The van der Waals surface area contributed by atoms with Crippen molar-refractivity contribution in [3.05, 3.63) is 0 Å². The molecule has 0 unspecified atom stereocenters. The largest absolute Gasteiger partial charge is 0.379 e. The summed E-state index contributed by atoms with van der Waals surface area (Å²) in [6.45, 7) is 12.0. The van der Waals surface area contributed by atoms with Crippen LogP contribution in [0.2, 0.25) is 0 Å². The minimum atomic E-state index is -0.650. The fourth-order valence-electron chi connectivity index (χ4n) is 3.99. The van der Waals surface area contributed by atoms with Gasteiger partial charge in [0.05, 0.1) is 18.2 Å². The van der Waals surface area contributed by atoms with Crippen molar-refractivity contribution in [2.24, 2.45) is 17.8 Å². The molecule has 0 spiro atoms. The molecule has 0 saturated heterocycles. The number of methoxy groups -OCH3 is 1. The van der Waals surface area contributed by atoms with E-state index in [-0.39, 0.29) is 51.9 Å². The average molecular weight is 539 g/mol. The molecule has 2 amide bonds. The Morgan fingerprint density at radius 2 is 1.53 bits per heavy atom. The predicted octanol–water partition coefficient (Wildman–Crippen LogP) is 2.95. The highest BCUT2D eigenvalue weighted by atomic mass is 127. The summed E-state index contributed by atoms with van der Waals surface area (Å²) in [5.74, 6) is -0.146. The molecule has 0 radical (unpaired) electrons. The molecule has 1 N–H and O–H groups in total. The van der Waals surface area contributed by atoms with E-state index in [1.807, 2.05) is 46.7 Å². The van der Waals surface area contributed by atoms with Gasteiger partial charge < -0.3 is 15.0 Å². The normalized spacial score (nSPS) is 16.9. The first-order valence-corrected chi connectivity index (χ1v) is 11.8. The lowest BCUT2D eigenvalue weighted by Crippen LogP contribution is -2.59. The van der Waals surface area contributed by atoms with Crippen LogP contribution < -0.4 is 5.32 Å². The summed E-state index contributed by atoms with van der Waals surface area (Å²) in [5, 5.41) is 2.99. The van der Waals surface area contributed by atoms with E-state index in [9.17, 15) is 14.4 Å². The highest BCUT2D eigenvalue weighted by Gasteiger charge is 2.38. The molecule has 7 nitrogen and oxygen atoms in total. The van der Waals surface area contributed by atoms with Crippen molar-refractivity contribution in [1.82, 2.24) is 15.1 Å². The molecule has 0 aromatic heterocycles. The van der Waals surface area contributed by atoms with Gasteiger partial charge in [-0.1, -0.05) is 48.0 Å². The topological polar surface area (TPSA) is 79.0 Å². The molecule has 0 aliphatic carbocycles. The van der Waals surface area contributed by atoms with E-state index < -0.39 is 12.1 Å². The predicted molar refractivity (Wildman–Crippen MR) is 130 cm³/mol. The molecule has 0 saturated carbocycles. The van der Waals surface area contributed by atoms with E-state index >= 15 is 0 Å². The lowest BCUT2D eigenvalue weighted by atomic mass is 9.90. The standard InChI is InChI=1S/C22H42IN3O4/c1-11-15(6)20(16(30-10)12-17(23)27)26(9)22(29)18(13(2)3)24-21(28)19(14(4)5)25(7)8/h13-16,18-20H,11-12H2,1-10H3,(H,24,28)/t15-,16+,18-,19-,20-/m0/s1. The molecule has 30 heavy (non-hydrogen) atoms. The van der Waals surface area contributed by atoms with Gasteiger partial charge in [-0.25, -0.2) is 0 Å². The SMILES string of the molecule is CC[C@H](C)[C@@H]([C@@H](CC(=O)I)OC)N(C)C(=O)[C@@H](NC(=O)[C@H](C(C)C)N(C)C)C(C)C. The van der Waals surface area contributed by atoms with Gasteiger partial charge in [0.25, 0.3) is 0 Å². The second kappa shape index (κ2) is 13.6. The summed E-state index contributed by atoms with van der Waals surface area (Å²) in [6, 6.07) is -1.24. The van der Waals surface area contributed by atoms with E-state index in [2.05, 4.69) is 19.2 Å². The number of nitrogens with zero attached hydrogens (tertiary/aromatic N) is 2. The maximum Gasteiger partial charge on any atom is 0.245 e. The van der Waals surface area contributed by atoms with Crippen LogP contribution in [0, 0.1) is 17.8 Å². The van der Waals surface area contributed by atoms with Gasteiger partial charge in [-0.15, -0.1) is 0 Å². The third-order valence-corrected chi connectivity index (χ3v) is 6.19. The molecule has 8 heteroatoms. The van der Waals surface area contributed by atoms with E-state index in [4.69, 9.17) is 4.74 Å². The van der Waals surface area contributed by atoms with Crippen LogP contribution in [0.3, 0.4) is 0 Å². The first-order chi connectivity index (χ1) is 13.8. The fourth-order valence-corrected chi connectivity index (χ4v) is 4.43. The van der Waals surface area contributed by atoms with Crippen LogP contribution in [0.1, 0.15) is 54.4 Å². The minimum Gasteiger partial charge on any atom is -0.379 e. The van der Waals surface area contributed by atoms with Crippen LogP contribution >= 0.6 is 22.6 Å². The van der Waals surface area contributed by atoms with Gasteiger partial charge in [0.15, 0.2) is 3.79 Å². The average Bonchev–Trinajstić information content (AvgIpc) is 2.63. The van der Waals surface area contributed by atoms with Gasteiger partial charge in [-0.2, -0.15) is 0 Å². The number of ether oxygens (including phenoxy) is 1. The summed E-state index contributed by atoms with van der Waals surface area (Å²) in [6.07, 6.45) is 0.678. The van der Waals surface area contributed by atoms with Gasteiger partial charge in [0.1, 0.15) is 6.04 Å². The molecule has 0 heterocycles. The zero-order chi connectivity index (χ0) is 23.8. The van der Waals surface area contributed by atoms with Crippen molar-refractivity contribution >= 4 is 38.2 Å². The summed E-state index contributed by atoms with van der Waals surface area (Å²) in [5.41, 5.74) is 0. The monoisotopic (exact) mass is 539 g/mol. The minimum absolute atomic E-state index is 0.00641. The zero-order valence-electron chi connectivity index (χ0n) is 20.4. The lowest BCUT2D eigenvalue weighted by molar-refractivity contribution is -0.144. The van der Waals surface area contributed by atoms with E-state index in [0.29, 0.717) is 0 Å². The van der Waals surface area contributed by atoms with E-state index in [0.717, 1.165) is 6.42 Å². The zero-order valence-corrected chi connectivity index (χ0v) is 22.5. The molecule has 0 rings (SSSR count). The molecule has 0 bridgehead atoms. The molecule has 0 aliphatic rings. The maximum absolute atomic E-state index is 13.5. The van der Waals surface area contributed by atoms with Crippen LogP contribution in [0.25, 0.3) is 0 Å². The van der Waals surface area contributed by atoms with E-state index in [1.54, 1.807) is 41.6 Å². The van der Waals surface area contributed by atoms with Crippen molar-refractivity contribution in [3.8, 4) is 0 Å². The quantitative estimate of drug-likeness (QED) is 0.288. The Morgan fingerprint density at radius 1 is 1.00 bits per heavy atom. The van der Waals surface area contributed by atoms with Crippen molar-refractivity contribution < 1.29 is 19.1 Å². The maximum atomic E-state index is 13.5. The third-order valence-electron chi connectivity index (χ3n) is 5.75. The van der Waals surface area contributed by atoms with Crippen LogP contribution in [0.5, 0.6) is 0 Å². The third kappa shape index (κ3) is 8.42. The number of likely N-dealkylation sites (N-methyl/N-ethyl adjacent to an activating group) is 2. The molecule has 5 atom stereocenters. The van der Waals surface area contributed by atoms with Crippen molar-refractivity contribution in [2.75, 3.05) is 28.3 Å². The molecular formula is C22H42IN3O4. The Morgan fingerprint density at radius 3 is 1.87 bits per heavy atom. The van der Waals surface area contributed by atoms with Crippen LogP contribution in [0.15, 0.2) is 0 Å². The van der Waals surface area contributed by atoms with Gasteiger partial charge in [-0.05, 0) is 54.4 Å². The fraction of sp³-hybridized carbons (Fsp3) is 0.864. The number of amides is 2. The molecule has 0 aliphatic heterocycles. The Labute approximate surface area is 196 Å². The van der Waals surface area contributed by atoms with Gasteiger partial charge >= 0.3 is 0 Å². The number of carbonyl (C=O) groups is 3. The Bertz CT molecular complexity index is 561. The number of carbonyl (C=O) groups excluding carboxylic acids is 3. The molecule has 0 aromatic rings. The number of rotatable bonds is 13. The first kappa shape index (κ1) is 29.3. The second-order valence-electron chi connectivity index (χ2n) is 9.04. The van der Waals surface area contributed by atoms with Gasteiger partial charge in [-0.3, -0.25) is 19.3 Å². The molecule has 0 aromatic carbocycles. The first-order valence-electron chi connectivity index (χ1n) is 10.7. The van der Waals surface area contributed by atoms with Crippen LogP contribution in [-0.2, 0) is 19.1 Å². The summed E-state index contributed by atoms with van der Waals surface area (Å²) in [4.78, 5) is 41.8. The molecular weight excluding hydrogens is 497 g/mol. The highest BCUT2D eigenvalue weighted by molar-refractivity contribution is 14.1.